The maximum absolute atomic E-state index is 9.54. The van der Waals surface area contributed by atoms with E-state index in [9.17, 15) is 5.11 Å². The first kappa shape index (κ1) is 11.4. The molecule has 0 saturated carbocycles. The molecule has 0 bridgehead atoms. The Labute approximate surface area is 85.7 Å². The van der Waals surface area contributed by atoms with Crippen LogP contribution in [0, 0.1) is 5.92 Å². The van der Waals surface area contributed by atoms with Crippen molar-refractivity contribution in [2.75, 3.05) is 0 Å². The number of nitrogens with one attached hydrogen (secondary N) is 1. The molecule has 14 heavy (non-hydrogen) atoms. The molecule has 0 spiro atoms. The maximum Gasteiger partial charge on any atom is 0.108 e. The number of hydrogen-bond acceptors (Lipinski definition) is 3. The number of rotatable bonds is 4. The Kier molecular flexibility index (Phi) is 4.32. The van der Waals surface area contributed by atoms with Crippen LogP contribution in [0.25, 0.3) is 0 Å². The minimum absolute atomic E-state index is 0.166. The summed E-state index contributed by atoms with van der Waals surface area (Å²) >= 11 is 0. The van der Waals surface area contributed by atoms with E-state index >= 15 is 0 Å². The first-order chi connectivity index (χ1) is 6.63. The zero-order valence-corrected chi connectivity index (χ0v) is 8.69. The van der Waals surface area contributed by atoms with Gasteiger partial charge in [-0.25, -0.2) is 0 Å². The van der Waals surface area contributed by atoms with Crippen molar-refractivity contribution in [3.05, 3.63) is 24.8 Å². The fourth-order valence-electron chi connectivity index (χ4n) is 1.77. The molecular formula is C11H20N2O. The van der Waals surface area contributed by atoms with Crippen molar-refractivity contribution < 1.29 is 5.11 Å². The molecule has 0 aromatic rings. The van der Waals surface area contributed by atoms with Crippen molar-refractivity contribution in [3.63, 3.8) is 0 Å². The summed E-state index contributed by atoms with van der Waals surface area (Å²) in [6.45, 7) is 5.73. The molecular weight excluding hydrogens is 176 g/mol. The lowest BCUT2D eigenvalue weighted by molar-refractivity contribution is 0.119. The molecule has 3 heteroatoms. The van der Waals surface area contributed by atoms with Gasteiger partial charge in [-0.15, -0.1) is 6.58 Å². The molecule has 3 nitrogen and oxygen atoms in total. The predicted molar refractivity (Wildman–Crippen MR) is 58.6 cm³/mol. The van der Waals surface area contributed by atoms with Gasteiger partial charge in [0.25, 0.3) is 0 Å². The van der Waals surface area contributed by atoms with Crippen molar-refractivity contribution >= 4 is 0 Å². The number of hydrogen-bond donors (Lipinski definition) is 3. The topological polar surface area (TPSA) is 58.3 Å². The molecule has 0 aromatic carbocycles. The molecule has 0 heterocycles. The van der Waals surface area contributed by atoms with Gasteiger partial charge in [-0.3, -0.25) is 5.32 Å². The van der Waals surface area contributed by atoms with Crippen LogP contribution in [0.3, 0.4) is 0 Å². The average molecular weight is 196 g/mol. The van der Waals surface area contributed by atoms with Gasteiger partial charge in [0, 0.05) is 18.5 Å². The fraction of sp³-hybridized carbons (Fsp3) is 0.636. The van der Waals surface area contributed by atoms with Crippen molar-refractivity contribution in [1.29, 1.82) is 0 Å². The fourth-order valence-corrected chi connectivity index (χ4v) is 1.77. The summed E-state index contributed by atoms with van der Waals surface area (Å²) in [5, 5.41) is 12.7. The normalized spacial score (nSPS) is 34.1. The summed E-state index contributed by atoms with van der Waals surface area (Å²) in [5.74, 6) is 0.467. The first-order valence-electron chi connectivity index (χ1n) is 5.12. The van der Waals surface area contributed by atoms with Gasteiger partial charge in [-0.05, 0) is 12.3 Å². The van der Waals surface area contributed by atoms with E-state index in [1.165, 1.54) is 0 Å². The minimum atomic E-state index is -0.501. The zero-order chi connectivity index (χ0) is 10.6. The predicted octanol–water partition coefficient (Wildman–Crippen LogP) is 0.762. The highest BCUT2D eigenvalue weighted by molar-refractivity contribution is 5.06. The second-order valence-corrected chi connectivity index (χ2v) is 3.99. The van der Waals surface area contributed by atoms with Crippen molar-refractivity contribution in [3.8, 4) is 0 Å². The summed E-state index contributed by atoms with van der Waals surface area (Å²) in [5.41, 5.74) is 5.78. The van der Waals surface area contributed by atoms with E-state index in [0.29, 0.717) is 12.3 Å². The SMILES string of the molecule is C=CCC(O)NC1C=CC(N)CC1C. The minimum Gasteiger partial charge on any atom is -0.378 e. The molecule has 0 aliphatic heterocycles. The molecule has 0 amide bonds. The van der Waals surface area contributed by atoms with Gasteiger partial charge in [0.15, 0.2) is 0 Å². The second kappa shape index (κ2) is 5.29. The molecule has 4 atom stereocenters. The number of aliphatic hydroxyl groups is 1. The zero-order valence-electron chi connectivity index (χ0n) is 8.69. The summed E-state index contributed by atoms with van der Waals surface area (Å²) in [4.78, 5) is 0. The molecule has 0 aromatic heterocycles. The van der Waals surface area contributed by atoms with Gasteiger partial charge in [0.1, 0.15) is 6.23 Å². The lowest BCUT2D eigenvalue weighted by Gasteiger charge is -2.30. The molecule has 1 aliphatic carbocycles. The van der Waals surface area contributed by atoms with Crippen molar-refractivity contribution in [2.45, 2.75) is 38.1 Å². The third-order valence-corrected chi connectivity index (χ3v) is 2.60. The third-order valence-electron chi connectivity index (χ3n) is 2.60. The van der Waals surface area contributed by atoms with Crippen LogP contribution in [0.2, 0.25) is 0 Å². The van der Waals surface area contributed by atoms with Crippen LogP contribution in [-0.4, -0.2) is 23.4 Å². The van der Waals surface area contributed by atoms with E-state index in [1.807, 2.05) is 12.2 Å². The summed E-state index contributed by atoms with van der Waals surface area (Å²) in [6.07, 6.45) is 6.79. The molecule has 4 unspecified atom stereocenters. The van der Waals surface area contributed by atoms with Gasteiger partial charge < -0.3 is 10.8 Å². The van der Waals surface area contributed by atoms with E-state index < -0.39 is 6.23 Å². The largest absolute Gasteiger partial charge is 0.378 e. The monoisotopic (exact) mass is 196 g/mol. The highest BCUT2D eigenvalue weighted by Crippen LogP contribution is 2.17. The maximum atomic E-state index is 9.54. The van der Waals surface area contributed by atoms with E-state index in [1.54, 1.807) is 6.08 Å². The Balaban J connectivity index is 2.44. The molecule has 80 valence electrons. The third kappa shape index (κ3) is 3.25. The van der Waals surface area contributed by atoms with Crippen LogP contribution >= 0.6 is 0 Å². The molecule has 1 aliphatic rings. The van der Waals surface area contributed by atoms with E-state index in [0.717, 1.165) is 6.42 Å². The van der Waals surface area contributed by atoms with Gasteiger partial charge in [-0.1, -0.05) is 25.2 Å². The average Bonchev–Trinajstić information content (AvgIpc) is 2.10. The molecule has 0 saturated heterocycles. The summed E-state index contributed by atoms with van der Waals surface area (Å²) in [6, 6.07) is 0.393. The lowest BCUT2D eigenvalue weighted by atomic mass is 9.88. The van der Waals surface area contributed by atoms with Crippen LogP contribution in [0.1, 0.15) is 19.8 Å². The van der Waals surface area contributed by atoms with Gasteiger partial charge in [0.2, 0.25) is 0 Å². The van der Waals surface area contributed by atoms with Gasteiger partial charge >= 0.3 is 0 Å². The van der Waals surface area contributed by atoms with Gasteiger partial charge in [-0.2, -0.15) is 0 Å². The van der Waals surface area contributed by atoms with Crippen LogP contribution in [0.15, 0.2) is 24.8 Å². The summed E-state index contributed by atoms with van der Waals surface area (Å²) < 4.78 is 0. The van der Waals surface area contributed by atoms with E-state index in [2.05, 4.69) is 18.8 Å². The van der Waals surface area contributed by atoms with E-state index in [4.69, 9.17) is 5.73 Å². The van der Waals surface area contributed by atoms with Crippen LogP contribution in [0.4, 0.5) is 0 Å². The highest BCUT2D eigenvalue weighted by Gasteiger charge is 2.22. The second-order valence-electron chi connectivity index (χ2n) is 3.99. The van der Waals surface area contributed by atoms with Gasteiger partial charge in [0.05, 0.1) is 0 Å². The summed E-state index contributed by atoms with van der Waals surface area (Å²) in [7, 11) is 0. The highest BCUT2D eigenvalue weighted by atomic mass is 16.3. The van der Waals surface area contributed by atoms with Crippen LogP contribution in [0.5, 0.6) is 0 Å². The van der Waals surface area contributed by atoms with E-state index in [-0.39, 0.29) is 12.1 Å². The Morgan fingerprint density at radius 1 is 1.71 bits per heavy atom. The lowest BCUT2D eigenvalue weighted by Crippen LogP contribution is -2.44. The molecule has 0 fully saturated rings. The Bertz CT molecular complexity index is 215. The number of aliphatic hydroxyl groups excluding tert-OH is 1. The van der Waals surface area contributed by atoms with Crippen LogP contribution in [-0.2, 0) is 0 Å². The first-order valence-corrected chi connectivity index (χ1v) is 5.12. The van der Waals surface area contributed by atoms with Crippen molar-refractivity contribution in [1.82, 2.24) is 5.32 Å². The quantitative estimate of drug-likeness (QED) is 0.459. The van der Waals surface area contributed by atoms with Crippen LogP contribution < -0.4 is 11.1 Å². The molecule has 1 rings (SSSR count). The van der Waals surface area contributed by atoms with Crippen molar-refractivity contribution in [2.24, 2.45) is 11.7 Å². The Morgan fingerprint density at radius 3 is 3.00 bits per heavy atom. The molecule has 0 radical (unpaired) electrons. The smallest absolute Gasteiger partial charge is 0.108 e. The Hall–Kier alpha value is -0.640. The Morgan fingerprint density at radius 2 is 2.43 bits per heavy atom. The number of nitrogens with two attached hydrogens (primary N) is 1. The molecule has 4 N–H and O–H groups in total. The standard InChI is InChI=1S/C11H20N2O/c1-3-4-11(14)13-10-6-5-9(12)7-8(10)2/h3,5-6,8-11,13-14H,1,4,7,12H2,2H3.